The molecule has 1 heterocycles. The quantitative estimate of drug-likeness (QED) is 0.133. The van der Waals surface area contributed by atoms with Gasteiger partial charge in [-0.3, -0.25) is 0 Å². The van der Waals surface area contributed by atoms with Crippen molar-refractivity contribution in [3.63, 3.8) is 0 Å². The Labute approximate surface area is 271 Å². The summed E-state index contributed by atoms with van der Waals surface area (Å²) in [5, 5.41) is 11.3. The van der Waals surface area contributed by atoms with Crippen molar-refractivity contribution in [3.8, 4) is 67.9 Å². The lowest BCUT2D eigenvalue weighted by Crippen LogP contribution is -2.02. The van der Waals surface area contributed by atoms with Gasteiger partial charge in [-0.2, -0.15) is 0 Å². The number of aromatic nitrogens is 3. The molecule has 0 fully saturated rings. The van der Waals surface area contributed by atoms with Gasteiger partial charge in [0, 0.05) is 11.1 Å². The lowest BCUT2D eigenvalue weighted by Gasteiger charge is -2.13. The number of aromatic hydroxyl groups is 1. The maximum atomic E-state index is 11.3. The lowest BCUT2D eigenvalue weighted by atomic mass is 10.0. The SMILES string of the molecule is CCCCCCCCOc1cccc(-c2nc(-c3ccc(-c4ccccc4)cc3)nc(-c3ccc(-c4ccccc4)cc3)n2)c1O. The second-order valence-corrected chi connectivity index (χ2v) is 11.5. The molecule has 0 aliphatic carbocycles. The molecule has 5 nitrogen and oxygen atoms in total. The third-order valence-electron chi connectivity index (χ3n) is 8.13. The summed E-state index contributed by atoms with van der Waals surface area (Å²) in [6.45, 7) is 2.78. The van der Waals surface area contributed by atoms with E-state index >= 15 is 0 Å². The Hall–Kier alpha value is -5.29. The topological polar surface area (TPSA) is 68.1 Å². The zero-order valence-corrected chi connectivity index (χ0v) is 26.3. The second-order valence-electron chi connectivity index (χ2n) is 11.5. The van der Waals surface area contributed by atoms with E-state index in [0.717, 1.165) is 46.2 Å². The van der Waals surface area contributed by atoms with Gasteiger partial charge in [-0.15, -0.1) is 0 Å². The summed E-state index contributed by atoms with van der Waals surface area (Å²) in [6.07, 6.45) is 7.03. The van der Waals surface area contributed by atoms with Crippen LogP contribution in [0.2, 0.25) is 0 Å². The first-order valence-electron chi connectivity index (χ1n) is 16.2. The Kier molecular flexibility index (Phi) is 10.1. The highest BCUT2D eigenvalue weighted by atomic mass is 16.5. The second kappa shape index (κ2) is 15.1. The molecule has 0 saturated heterocycles. The fourth-order valence-electron chi connectivity index (χ4n) is 5.52. The van der Waals surface area contributed by atoms with Gasteiger partial charge in [-0.1, -0.05) is 154 Å². The normalized spacial score (nSPS) is 11.0. The maximum absolute atomic E-state index is 11.3. The summed E-state index contributed by atoms with van der Waals surface area (Å²) in [5.74, 6) is 1.93. The minimum absolute atomic E-state index is 0.0374. The molecule has 6 aromatic rings. The van der Waals surface area contributed by atoms with Crippen molar-refractivity contribution in [1.82, 2.24) is 15.0 Å². The Balaban J connectivity index is 1.33. The van der Waals surface area contributed by atoms with Crippen LogP contribution in [0, 0.1) is 0 Å². The molecular weight excluding hydrogens is 566 g/mol. The van der Waals surface area contributed by atoms with Gasteiger partial charge in [0.2, 0.25) is 0 Å². The molecular formula is C41H39N3O2. The van der Waals surface area contributed by atoms with Gasteiger partial charge in [0.25, 0.3) is 0 Å². The number of ether oxygens (including phenoxy) is 1. The number of phenolic OH excluding ortho intramolecular Hbond substituents is 1. The Bertz CT molecular complexity index is 1740. The number of para-hydroxylation sites is 1. The van der Waals surface area contributed by atoms with Gasteiger partial charge < -0.3 is 9.84 Å². The molecule has 6 rings (SSSR count). The van der Waals surface area contributed by atoms with Crippen molar-refractivity contribution >= 4 is 0 Å². The molecule has 1 N–H and O–H groups in total. The van der Waals surface area contributed by atoms with E-state index < -0.39 is 0 Å². The molecule has 0 atom stereocenters. The molecule has 5 heteroatoms. The highest BCUT2D eigenvalue weighted by Gasteiger charge is 2.17. The van der Waals surface area contributed by atoms with Crippen LogP contribution >= 0.6 is 0 Å². The number of hydrogen-bond donors (Lipinski definition) is 1. The minimum atomic E-state index is 0.0374. The standard InChI is InChI=1S/C41H39N3O2/c1-2-3-4-5-6-13-29-46-37-20-14-19-36(38(37)45)41-43-39(34-25-21-32(22-26-34)30-15-9-7-10-16-30)42-40(44-41)35-27-23-33(24-28-35)31-17-11-8-12-18-31/h7-12,14-28,45H,2-6,13,29H2,1H3. The first-order chi connectivity index (χ1) is 22.7. The molecule has 0 radical (unpaired) electrons. The fourth-order valence-corrected chi connectivity index (χ4v) is 5.52. The van der Waals surface area contributed by atoms with Crippen molar-refractivity contribution < 1.29 is 9.84 Å². The molecule has 0 unspecified atom stereocenters. The molecule has 0 amide bonds. The van der Waals surface area contributed by atoms with Crippen LogP contribution in [0.3, 0.4) is 0 Å². The van der Waals surface area contributed by atoms with Crippen LogP contribution in [0.1, 0.15) is 45.4 Å². The number of unbranched alkanes of at least 4 members (excludes halogenated alkanes) is 5. The van der Waals surface area contributed by atoms with Crippen molar-refractivity contribution in [3.05, 3.63) is 127 Å². The highest BCUT2D eigenvalue weighted by molar-refractivity contribution is 5.74. The van der Waals surface area contributed by atoms with Crippen LogP contribution in [0.15, 0.2) is 127 Å². The number of rotatable bonds is 13. The van der Waals surface area contributed by atoms with Gasteiger partial charge in [-0.25, -0.2) is 15.0 Å². The van der Waals surface area contributed by atoms with E-state index in [9.17, 15) is 5.11 Å². The first kappa shape index (κ1) is 30.7. The molecule has 0 aliphatic rings. The Morgan fingerprint density at radius 3 is 1.46 bits per heavy atom. The molecule has 5 aromatic carbocycles. The molecule has 0 bridgehead atoms. The van der Waals surface area contributed by atoms with Crippen LogP contribution in [-0.2, 0) is 0 Å². The predicted octanol–water partition coefficient (Wildman–Crippen LogP) is 10.7. The summed E-state index contributed by atoms with van der Waals surface area (Å²) in [4.78, 5) is 14.7. The monoisotopic (exact) mass is 605 g/mol. The van der Waals surface area contributed by atoms with E-state index in [1.165, 1.54) is 25.7 Å². The lowest BCUT2D eigenvalue weighted by molar-refractivity contribution is 0.289. The smallest absolute Gasteiger partial charge is 0.168 e. The number of hydrogen-bond acceptors (Lipinski definition) is 5. The van der Waals surface area contributed by atoms with E-state index in [2.05, 4.69) is 55.5 Å². The van der Waals surface area contributed by atoms with E-state index in [4.69, 9.17) is 19.7 Å². The predicted molar refractivity (Wildman–Crippen MR) is 188 cm³/mol. The van der Waals surface area contributed by atoms with Crippen molar-refractivity contribution in [2.24, 2.45) is 0 Å². The van der Waals surface area contributed by atoms with E-state index in [-0.39, 0.29) is 5.75 Å². The largest absolute Gasteiger partial charge is 0.504 e. The third-order valence-corrected chi connectivity index (χ3v) is 8.13. The van der Waals surface area contributed by atoms with Gasteiger partial charge in [0.1, 0.15) is 0 Å². The Morgan fingerprint density at radius 1 is 0.457 bits per heavy atom. The van der Waals surface area contributed by atoms with E-state index in [1.54, 1.807) is 6.07 Å². The van der Waals surface area contributed by atoms with Gasteiger partial charge in [-0.05, 0) is 40.8 Å². The third kappa shape index (κ3) is 7.49. The summed E-state index contributed by atoms with van der Waals surface area (Å²) >= 11 is 0. The summed E-state index contributed by atoms with van der Waals surface area (Å²) in [5.41, 5.74) is 6.75. The molecule has 46 heavy (non-hydrogen) atoms. The van der Waals surface area contributed by atoms with Crippen LogP contribution in [0.25, 0.3) is 56.4 Å². The van der Waals surface area contributed by atoms with Gasteiger partial charge >= 0.3 is 0 Å². The first-order valence-corrected chi connectivity index (χ1v) is 16.2. The van der Waals surface area contributed by atoms with Crippen molar-refractivity contribution in [2.45, 2.75) is 45.4 Å². The Morgan fingerprint density at radius 2 is 0.913 bits per heavy atom. The summed E-state index contributed by atoms with van der Waals surface area (Å²) in [6, 6.07) is 42.5. The highest BCUT2D eigenvalue weighted by Crippen LogP contribution is 2.37. The van der Waals surface area contributed by atoms with Crippen LogP contribution in [0.4, 0.5) is 0 Å². The van der Waals surface area contributed by atoms with Crippen molar-refractivity contribution in [1.29, 1.82) is 0 Å². The van der Waals surface area contributed by atoms with Crippen LogP contribution in [0.5, 0.6) is 11.5 Å². The van der Waals surface area contributed by atoms with E-state index in [1.807, 2.05) is 72.8 Å². The van der Waals surface area contributed by atoms with Crippen molar-refractivity contribution in [2.75, 3.05) is 6.61 Å². The fraction of sp³-hybridized carbons (Fsp3) is 0.195. The van der Waals surface area contributed by atoms with Gasteiger partial charge in [0.05, 0.1) is 12.2 Å². The molecule has 0 aliphatic heterocycles. The average molecular weight is 606 g/mol. The molecule has 0 saturated carbocycles. The molecule has 230 valence electrons. The van der Waals surface area contributed by atoms with E-state index in [0.29, 0.717) is 35.4 Å². The van der Waals surface area contributed by atoms with Crippen LogP contribution in [-0.4, -0.2) is 26.7 Å². The zero-order chi connectivity index (χ0) is 31.6. The summed E-state index contributed by atoms with van der Waals surface area (Å²) < 4.78 is 6.02. The van der Waals surface area contributed by atoms with Crippen LogP contribution < -0.4 is 4.74 Å². The molecule has 0 spiro atoms. The maximum Gasteiger partial charge on any atom is 0.168 e. The average Bonchev–Trinajstić information content (AvgIpc) is 3.12. The number of nitrogens with zero attached hydrogens (tertiary/aromatic N) is 3. The van der Waals surface area contributed by atoms with Gasteiger partial charge in [0.15, 0.2) is 29.0 Å². The summed E-state index contributed by atoms with van der Waals surface area (Å²) in [7, 11) is 0. The zero-order valence-electron chi connectivity index (χ0n) is 26.3. The molecule has 1 aromatic heterocycles. The number of phenols is 1. The minimum Gasteiger partial charge on any atom is -0.504 e. The number of benzene rings is 5.